The van der Waals surface area contributed by atoms with E-state index in [1.807, 2.05) is 24.2 Å². The third-order valence-corrected chi connectivity index (χ3v) is 8.19. The maximum Gasteiger partial charge on any atom is 0.487 e. The molecular weight excluding hydrogens is 315 g/mol. The van der Waals surface area contributed by atoms with Crippen LogP contribution in [0.15, 0.2) is 30.2 Å². The van der Waals surface area contributed by atoms with Gasteiger partial charge in [-0.2, -0.15) is 0 Å². The molecule has 2 rings (SSSR count). The van der Waals surface area contributed by atoms with Crippen LogP contribution in [0.4, 0.5) is 0 Å². The Hall–Kier alpha value is -1.04. The highest BCUT2D eigenvalue weighted by atomic mass is 28.3. The number of benzene rings is 1. The maximum absolute atomic E-state index is 6.13. The van der Waals surface area contributed by atoms with Gasteiger partial charge < -0.3 is 13.7 Å². The summed E-state index contributed by atoms with van der Waals surface area (Å²) in [6, 6.07) is 8.22. The second-order valence-corrected chi connectivity index (χ2v) is 11.9. The Morgan fingerprint density at radius 1 is 1.00 bits per heavy atom. The van der Waals surface area contributed by atoms with Crippen LogP contribution < -0.4 is 4.43 Å². The van der Waals surface area contributed by atoms with E-state index in [-0.39, 0.29) is 23.4 Å². The molecule has 3 nitrogen and oxygen atoms in total. The van der Waals surface area contributed by atoms with Crippen LogP contribution in [0.5, 0.6) is 5.75 Å². The van der Waals surface area contributed by atoms with Crippen molar-refractivity contribution in [1.29, 1.82) is 0 Å². The zero-order valence-electron chi connectivity index (χ0n) is 16.3. The van der Waals surface area contributed by atoms with Crippen molar-refractivity contribution in [1.82, 2.24) is 0 Å². The smallest absolute Gasteiger partial charge is 0.487 e. The molecule has 0 aliphatic carbocycles. The quantitative estimate of drug-likeness (QED) is 0.729. The van der Waals surface area contributed by atoms with Gasteiger partial charge in [0.15, 0.2) is 0 Å². The second-order valence-electron chi connectivity index (χ2n) is 8.68. The van der Waals surface area contributed by atoms with Crippen molar-refractivity contribution in [3.05, 3.63) is 35.8 Å². The second kappa shape index (κ2) is 6.70. The van der Waals surface area contributed by atoms with Gasteiger partial charge in [0.2, 0.25) is 9.04 Å². The van der Waals surface area contributed by atoms with E-state index in [4.69, 9.17) is 13.7 Å². The van der Waals surface area contributed by atoms with Gasteiger partial charge in [-0.1, -0.05) is 45.0 Å². The molecule has 1 aromatic carbocycles. The van der Waals surface area contributed by atoms with Gasteiger partial charge in [-0.3, -0.25) is 0 Å². The van der Waals surface area contributed by atoms with Gasteiger partial charge in [0, 0.05) is 0 Å². The predicted octanol–water partition coefficient (Wildman–Crippen LogP) is 4.86. The standard InChI is InChI=1S/C19H31BO3Si/c1-17(2,3)24(8)21-16-11-9-15(10-12-16)13-14-20-22-18(4,5)19(6,7)23-20/h9-14,24H,1-8H3/b14-13+. The van der Waals surface area contributed by atoms with Crippen molar-refractivity contribution >= 4 is 22.2 Å². The summed E-state index contributed by atoms with van der Waals surface area (Å²) in [5.74, 6) is 2.93. The first kappa shape index (κ1) is 19.3. The molecular formula is C19H31BO3Si. The zero-order chi connectivity index (χ0) is 18.2. The molecule has 1 atom stereocenters. The average molecular weight is 346 g/mol. The normalized spacial score (nSPS) is 21.2. The summed E-state index contributed by atoms with van der Waals surface area (Å²) in [6.45, 7) is 17.2. The van der Waals surface area contributed by atoms with E-state index in [0.29, 0.717) is 0 Å². The predicted molar refractivity (Wildman–Crippen MR) is 105 cm³/mol. The lowest BCUT2D eigenvalue weighted by Crippen LogP contribution is -2.41. The third kappa shape index (κ3) is 4.53. The summed E-state index contributed by atoms with van der Waals surface area (Å²) in [5, 5.41) is 0.259. The summed E-state index contributed by atoms with van der Waals surface area (Å²) in [4.78, 5) is 0. The van der Waals surface area contributed by atoms with Crippen LogP contribution in [0, 0.1) is 0 Å². The Bertz CT molecular complexity index is 572. The molecule has 0 bridgehead atoms. The maximum atomic E-state index is 6.13. The number of rotatable bonds is 4. The van der Waals surface area contributed by atoms with Crippen LogP contribution in [0.1, 0.15) is 54.0 Å². The fourth-order valence-electron chi connectivity index (χ4n) is 2.20. The zero-order valence-corrected chi connectivity index (χ0v) is 17.5. The Morgan fingerprint density at radius 2 is 1.50 bits per heavy atom. The summed E-state index contributed by atoms with van der Waals surface area (Å²) >= 11 is 0. The van der Waals surface area contributed by atoms with Crippen LogP contribution in [-0.4, -0.2) is 27.4 Å². The molecule has 1 saturated heterocycles. The largest absolute Gasteiger partial charge is 0.546 e. The molecule has 1 unspecified atom stereocenters. The fraction of sp³-hybridized carbons (Fsp3) is 0.579. The topological polar surface area (TPSA) is 27.7 Å². The van der Waals surface area contributed by atoms with E-state index in [9.17, 15) is 0 Å². The highest BCUT2D eigenvalue weighted by Crippen LogP contribution is 2.37. The minimum Gasteiger partial charge on any atom is -0.546 e. The minimum atomic E-state index is -1.25. The highest BCUT2D eigenvalue weighted by Gasteiger charge is 2.49. The molecule has 0 radical (unpaired) electrons. The third-order valence-electron chi connectivity index (χ3n) is 5.13. The Morgan fingerprint density at radius 3 is 1.96 bits per heavy atom. The van der Waals surface area contributed by atoms with Crippen molar-refractivity contribution in [3.8, 4) is 5.75 Å². The first-order valence-electron chi connectivity index (χ1n) is 8.71. The SMILES string of the molecule is C[SiH](Oc1ccc(/C=C/B2OC(C)(C)C(C)(C)O2)cc1)C(C)(C)C. The lowest BCUT2D eigenvalue weighted by molar-refractivity contribution is 0.00578. The Kier molecular flexibility index (Phi) is 5.38. The van der Waals surface area contributed by atoms with Crippen LogP contribution in [0.25, 0.3) is 6.08 Å². The lowest BCUT2D eigenvalue weighted by Gasteiger charge is -2.32. The summed E-state index contributed by atoms with van der Waals surface area (Å²) in [5.41, 5.74) is 0.517. The summed E-state index contributed by atoms with van der Waals surface area (Å²) in [7, 11) is -1.56. The van der Waals surface area contributed by atoms with Gasteiger partial charge in [-0.25, -0.2) is 0 Å². The molecule has 24 heavy (non-hydrogen) atoms. The van der Waals surface area contributed by atoms with E-state index in [1.165, 1.54) is 0 Å². The van der Waals surface area contributed by atoms with Gasteiger partial charge in [-0.05, 0) is 57.0 Å². The first-order valence-corrected chi connectivity index (χ1v) is 10.9. The van der Waals surface area contributed by atoms with E-state index < -0.39 is 9.04 Å². The van der Waals surface area contributed by atoms with Crippen molar-refractivity contribution in [3.63, 3.8) is 0 Å². The van der Waals surface area contributed by atoms with Gasteiger partial charge in [0.25, 0.3) is 0 Å². The Balaban J connectivity index is 1.98. The molecule has 1 aromatic rings. The first-order chi connectivity index (χ1) is 10.9. The van der Waals surface area contributed by atoms with E-state index >= 15 is 0 Å². The van der Waals surface area contributed by atoms with Gasteiger partial charge >= 0.3 is 7.12 Å². The van der Waals surface area contributed by atoms with Crippen LogP contribution in [0.2, 0.25) is 11.6 Å². The molecule has 132 valence electrons. The Labute approximate surface area is 149 Å². The molecule has 0 aromatic heterocycles. The van der Waals surface area contributed by atoms with Crippen molar-refractivity contribution < 1.29 is 13.7 Å². The molecule has 1 heterocycles. The average Bonchev–Trinajstić information content (AvgIpc) is 2.65. The summed E-state index contributed by atoms with van der Waals surface area (Å²) < 4.78 is 18.1. The molecule has 0 spiro atoms. The van der Waals surface area contributed by atoms with Crippen LogP contribution in [-0.2, 0) is 9.31 Å². The molecule has 0 saturated carbocycles. The van der Waals surface area contributed by atoms with Crippen molar-refractivity contribution in [2.75, 3.05) is 0 Å². The number of hydrogen-bond donors (Lipinski definition) is 0. The van der Waals surface area contributed by atoms with Crippen molar-refractivity contribution in [2.24, 2.45) is 0 Å². The van der Waals surface area contributed by atoms with Crippen molar-refractivity contribution in [2.45, 2.75) is 71.3 Å². The molecule has 1 fully saturated rings. The molecule has 1 aliphatic rings. The fourth-order valence-corrected chi connectivity index (χ4v) is 3.11. The van der Waals surface area contributed by atoms with E-state index in [1.54, 1.807) is 0 Å². The number of hydrogen-bond acceptors (Lipinski definition) is 3. The molecule has 0 N–H and O–H groups in total. The lowest BCUT2D eigenvalue weighted by atomic mass is 9.89. The highest BCUT2D eigenvalue weighted by molar-refractivity contribution is 6.54. The van der Waals surface area contributed by atoms with Gasteiger partial charge in [0.1, 0.15) is 5.75 Å². The van der Waals surface area contributed by atoms with E-state index in [2.05, 4.69) is 67.1 Å². The van der Waals surface area contributed by atoms with Gasteiger partial charge in [-0.15, -0.1) is 0 Å². The van der Waals surface area contributed by atoms with Gasteiger partial charge in [0.05, 0.1) is 11.2 Å². The van der Waals surface area contributed by atoms with Crippen LogP contribution >= 0.6 is 0 Å². The van der Waals surface area contributed by atoms with Crippen LogP contribution in [0.3, 0.4) is 0 Å². The molecule has 5 heteroatoms. The van der Waals surface area contributed by atoms with E-state index in [0.717, 1.165) is 11.3 Å². The molecule has 0 amide bonds. The minimum absolute atomic E-state index is 0.259. The molecule has 1 aliphatic heterocycles. The monoisotopic (exact) mass is 346 g/mol. The summed E-state index contributed by atoms with van der Waals surface area (Å²) in [6.07, 6.45) is 2.04.